The van der Waals surface area contributed by atoms with Crippen LogP contribution in [-0.4, -0.2) is 26.7 Å². The van der Waals surface area contributed by atoms with Gasteiger partial charge in [-0.3, -0.25) is 9.58 Å². The molecule has 2 rings (SSSR count). The summed E-state index contributed by atoms with van der Waals surface area (Å²) in [5.74, 6) is -0.268. The number of nitrogens with zero attached hydrogens (tertiary/aromatic N) is 4. The van der Waals surface area contributed by atoms with E-state index in [1.165, 1.54) is 6.33 Å². The fraction of sp³-hybridized carbons (Fsp3) is 0.385. The van der Waals surface area contributed by atoms with Gasteiger partial charge in [-0.25, -0.2) is 9.37 Å². The van der Waals surface area contributed by atoms with Gasteiger partial charge in [0.15, 0.2) is 0 Å². The van der Waals surface area contributed by atoms with Crippen molar-refractivity contribution < 1.29 is 17.6 Å². The average Bonchev–Trinajstić information content (AvgIpc) is 2.76. The summed E-state index contributed by atoms with van der Waals surface area (Å²) in [6.07, 6.45) is -3.20. The fourth-order valence-electron chi connectivity index (χ4n) is 2.00. The maximum Gasteiger partial charge on any atom is 0.416 e. The van der Waals surface area contributed by atoms with E-state index in [2.05, 4.69) is 10.1 Å². The summed E-state index contributed by atoms with van der Waals surface area (Å²) >= 11 is 0. The van der Waals surface area contributed by atoms with Crippen LogP contribution in [0.5, 0.6) is 0 Å². The van der Waals surface area contributed by atoms with Crippen LogP contribution in [0, 0.1) is 5.82 Å². The zero-order valence-corrected chi connectivity index (χ0v) is 11.5. The van der Waals surface area contributed by atoms with Gasteiger partial charge in [-0.2, -0.15) is 18.3 Å². The molecule has 1 aromatic heterocycles. The first-order chi connectivity index (χ1) is 9.77. The zero-order chi connectivity index (χ0) is 15.6. The van der Waals surface area contributed by atoms with Crippen LogP contribution in [0.15, 0.2) is 24.5 Å². The summed E-state index contributed by atoms with van der Waals surface area (Å²) in [6, 6.07) is 2.71. The molecular formula is C13H14F4N4. The lowest BCUT2D eigenvalue weighted by Crippen LogP contribution is -2.22. The van der Waals surface area contributed by atoms with Crippen LogP contribution < -0.4 is 0 Å². The van der Waals surface area contributed by atoms with Crippen LogP contribution in [0.2, 0.25) is 0 Å². The Labute approximate surface area is 119 Å². The third-order valence-corrected chi connectivity index (χ3v) is 3.03. The molecule has 0 aliphatic heterocycles. The number of aryl methyl sites for hydroxylation is 1. The van der Waals surface area contributed by atoms with E-state index in [-0.39, 0.29) is 12.1 Å². The van der Waals surface area contributed by atoms with Gasteiger partial charge < -0.3 is 0 Å². The molecule has 0 spiro atoms. The molecule has 0 unspecified atom stereocenters. The molecule has 0 aliphatic rings. The molecule has 0 N–H and O–H groups in total. The predicted octanol–water partition coefficient (Wildman–Crippen LogP) is 2.61. The van der Waals surface area contributed by atoms with E-state index in [9.17, 15) is 17.6 Å². The molecule has 0 saturated heterocycles. The third-order valence-electron chi connectivity index (χ3n) is 3.03. The lowest BCUT2D eigenvalue weighted by molar-refractivity contribution is -0.138. The molecule has 1 aromatic carbocycles. The normalized spacial score (nSPS) is 12.1. The Morgan fingerprint density at radius 1 is 1.24 bits per heavy atom. The summed E-state index contributed by atoms with van der Waals surface area (Å²) in [5.41, 5.74) is -0.930. The number of halogens is 4. The Morgan fingerprint density at radius 3 is 2.52 bits per heavy atom. The van der Waals surface area contributed by atoms with E-state index < -0.39 is 17.6 Å². The van der Waals surface area contributed by atoms with Gasteiger partial charge in [0.25, 0.3) is 0 Å². The van der Waals surface area contributed by atoms with E-state index in [1.807, 2.05) is 0 Å². The van der Waals surface area contributed by atoms with E-state index in [1.54, 1.807) is 23.7 Å². The number of benzene rings is 1. The van der Waals surface area contributed by atoms with Crippen molar-refractivity contribution in [1.29, 1.82) is 0 Å². The van der Waals surface area contributed by atoms with Gasteiger partial charge in [0.05, 0.1) is 12.1 Å². The van der Waals surface area contributed by atoms with Crippen molar-refractivity contribution in [1.82, 2.24) is 19.7 Å². The van der Waals surface area contributed by atoms with Gasteiger partial charge in [-0.1, -0.05) is 6.07 Å². The highest BCUT2D eigenvalue weighted by Gasteiger charge is 2.33. The monoisotopic (exact) mass is 302 g/mol. The number of hydrogen-bond acceptors (Lipinski definition) is 3. The molecule has 21 heavy (non-hydrogen) atoms. The largest absolute Gasteiger partial charge is 0.416 e. The summed E-state index contributed by atoms with van der Waals surface area (Å²) in [7, 11) is 3.37. The highest BCUT2D eigenvalue weighted by Crippen LogP contribution is 2.33. The molecule has 0 atom stereocenters. The van der Waals surface area contributed by atoms with Crippen LogP contribution in [0.4, 0.5) is 17.6 Å². The zero-order valence-electron chi connectivity index (χ0n) is 11.5. The Morgan fingerprint density at radius 2 is 1.95 bits per heavy atom. The molecule has 0 bridgehead atoms. The third kappa shape index (κ3) is 3.78. The highest BCUT2D eigenvalue weighted by atomic mass is 19.4. The van der Waals surface area contributed by atoms with Crippen LogP contribution >= 0.6 is 0 Å². The first kappa shape index (κ1) is 15.4. The van der Waals surface area contributed by atoms with Crippen LogP contribution in [-0.2, 0) is 26.3 Å². The van der Waals surface area contributed by atoms with Crippen molar-refractivity contribution in [2.45, 2.75) is 19.3 Å². The standard InChI is InChI=1S/C13H14F4N4/c1-20(7-12-18-8-19-21(12)2)6-9-3-4-10(14)5-11(9)13(15,16)17/h3-5,8H,6-7H2,1-2H3. The molecule has 0 amide bonds. The lowest BCUT2D eigenvalue weighted by atomic mass is 10.1. The molecule has 0 radical (unpaired) electrons. The molecule has 1 heterocycles. The van der Waals surface area contributed by atoms with Crippen LogP contribution in [0.1, 0.15) is 17.0 Å². The lowest BCUT2D eigenvalue weighted by Gasteiger charge is -2.19. The van der Waals surface area contributed by atoms with Gasteiger partial charge in [0, 0.05) is 13.6 Å². The predicted molar refractivity (Wildman–Crippen MR) is 67.6 cm³/mol. The van der Waals surface area contributed by atoms with Gasteiger partial charge in [0.2, 0.25) is 0 Å². The van der Waals surface area contributed by atoms with Crippen molar-refractivity contribution in [3.05, 3.63) is 47.3 Å². The number of hydrogen-bond donors (Lipinski definition) is 0. The van der Waals surface area contributed by atoms with E-state index in [4.69, 9.17) is 0 Å². The smallest absolute Gasteiger partial charge is 0.295 e. The van der Waals surface area contributed by atoms with Gasteiger partial charge in [-0.05, 0) is 24.7 Å². The molecule has 4 nitrogen and oxygen atoms in total. The summed E-state index contributed by atoms with van der Waals surface area (Å²) < 4.78 is 53.3. The van der Waals surface area contributed by atoms with Crippen LogP contribution in [0.25, 0.3) is 0 Å². The second kappa shape index (κ2) is 5.80. The summed E-state index contributed by atoms with van der Waals surface area (Å²) in [6.45, 7) is 0.368. The van der Waals surface area contributed by atoms with Crippen LogP contribution in [0.3, 0.4) is 0 Å². The molecule has 0 aliphatic carbocycles. The summed E-state index contributed by atoms with van der Waals surface area (Å²) in [4.78, 5) is 5.67. The van der Waals surface area contributed by atoms with Gasteiger partial charge >= 0.3 is 6.18 Å². The maximum absolute atomic E-state index is 13.0. The maximum atomic E-state index is 13.0. The number of alkyl halides is 3. The van der Waals surface area contributed by atoms with Crippen molar-refractivity contribution in [2.24, 2.45) is 7.05 Å². The first-order valence-corrected chi connectivity index (χ1v) is 6.14. The van der Waals surface area contributed by atoms with Gasteiger partial charge in [-0.15, -0.1) is 0 Å². The minimum atomic E-state index is -4.58. The SMILES string of the molecule is CN(Cc1ccc(F)cc1C(F)(F)F)Cc1ncnn1C. The van der Waals surface area contributed by atoms with Crippen molar-refractivity contribution >= 4 is 0 Å². The molecule has 0 fully saturated rings. The molecule has 114 valence electrons. The van der Waals surface area contributed by atoms with E-state index in [0.29, 0.717) is 18.4 Å². The topological polar surface area (TPSA) is 34.0 Å². The quantitative estimate of drug-likeness (QED) is 0.814. The van der Waals surface area contributed by atoms with Crippen molar-refractivity contribution in [2.75, 3.05) is 7.05 Å². The molecular weight excluding hydrogens is 288 g/mol. The first-order valence-electron chi connectivity index (χ1n) is 6.14. The molecule has 0 saturated carbocycles. The minimum Gasteiger partial charge on any atom is -0.295 e. The minimum absolute atomic E-state index is 0.0218. The Hall–Kier alpha value is -1.96. The molecule has 8 heteroatoms. The number of rotatable bonds is 4. The van der Waals surface area contributed by atoms with Crippen molar-refractivity contribution in [3.8, 4) is 0 Å². The highest BCUT2D eigenvalue weighted by molar-refractivity contribution is 5.30. The van der Waals surface area contributed by atoms with E-state index >= 15 is 0 Å². The fourth-order valence-corrected chi connectivity index (χ4v) is 2.00. The average molecular weight is 302 g/mol. The Kier molecular flexibility index (Phi) is 4.26. The Balaban J connectivity index is 2.17. The summed E-state index contributed by atoms with van der Waals surface area (Å²) in [5, 5.41) is 3.89. The molecule has 2 aromatic rings. The second-order valence-electron chi connectivity index (χ2n) is 4.77. The van der Waals surface area contributed by atoms with E-state index in [0.717, 1.165) is 12.1 Å². The van der Waals surface area contributed by atoms with Crippen molar-refractivity contribution in [3.63, 3.8) is 0 Å². The number of aromatic nitrogens is 3. The van der Waals surface area contributed by atoms with Gasteiger partial charge in [0.1, 0.15) is 18.0 Å². The Bertz CT molecular complexity index is 621. The second-order valence-corrected chi connectivity index (χ2v) is 4.77.